The average molecular weight is 686 g/mol. The van der Waals surface area contributed by atoms with Gasteiger partial charge in [0.15, 0.2) is 0 Å². The first-order valence-electron chi connectivity index (χ1n) is 17.7. The fourth-order valence-corrected chi connectivity index (χ4v) is 12.5. The lowest BCUT2D eigenvalue weighted by Crippen LogP contribution is -2.49. The highest BCUT2D eigenvalue weighted by molar-refractivity contribution is 7.26. The molecule has 3 heteroatoms. The van der Waals surface area contributed by atoms with E-state index in [1.165, 1.54) is 80.4 Å². The molecule has 0 unspecified atom stereocenters. The van der Waals surface area contributed by atoms with Crippen LogP contribution in [0.15, 0.2) is 176 Å². The number of nitrogens with zero attached hydrogens (tertiary/aromatic N) is 1. The van der Waals surface area contributed by atoms with Crippen LogP contribution in [0.1, 0.15) is 0 Å². The molecule has 1 nitrogen and oxygen atoms in total. The molecule has 0 saturated carbocycles. The molecule has 1 aliphatic heterocycles. The van der Waals surface area contributed by atoms with Crippen LogP contribution in [0.25, 0.3) is 64.3 Å². The van der Waals surface area contributed by atoms with Gasteiger partial charge in [-0.05, 0) is 97.5 Å². The maximum atomic E-state index is 2.53. The Kier molecular flexibility index (Phi) is 6.89. The molecule has 0 radical (unpaired) electrons. The molecule has 0 amide bonds. The summed E-state index contributed by atoms with van der Waals surface area (Å²) in [5.74, 6) is 0. The molecule has 51 heavy (non-hydrogen) atoms. The van der Waals surface area contributed by atoms with Gasteiger partial charge in [0.25, 0.3) is 0 Å². The Labute approximate surface area is 303 Å². The van der Waals surface area contributed by atoms with Gasteiger partial charge in [-0.2, -0.15) is 0 Å². The number of thiophene rings is 1. The summed E-state index contributed by atoms with van der Waals surface area (Å²) in [4.78, 5) is 2.49. The molecule has 1 aliphatic rings. The molecule has 0 atom stereocenters. The Balaban J connectivity index is 1.19. The Hall–Kier alpha value is -5.74. The summed E-state index contributed by atoms with van der Waals surface area (Å²) in [5, 5.41) is 8.34. The van der Waals surface area contributed by atoms with E-state index in [2.05, 4.69) is 194 Å². The summed E-state index contributed by atoms with van der Waals surface area (Å²) in [7, 11) is -1.99. The predicted octanol–water partition coefficient (Wildman–Crippen LogP) is 12.8. The summed E-state index contributed by atoms with van der Waals surface area (Å²) in [6, 6.07) is 65.1. The van der Waals surface area contributed by atoms with E-state index < -0.39 is 8.07 Å². The molecular formula is C48H35NSSi. The third-order valence-corrected chi connectivity index (χ3v) is 15.5. The van der Waals surface area contributed by atoms with Crippen molar-refractivity contribution in [2.45, 2.75) is 13.1 Å². The second-order valence-corrected chi connectivity index (χ2v) is 19.6. The number of rotatable bonds is 5. The fraction of sp³-hybridized carbons (Fsp3) is 0.0417. The zero-order valence-corrected chi connectivity index (χ0v) is 30.4. The Morgan fingerprint density at radius 2 is 1.04 bits per heavy atom. The van der Waals surface area contributed by atoms with Crippen LogP contribution in [0, 0.1) is 0 Å². The lowest BCUT2D eigenvalue weighted by Gasteiger charge is -2.29. The van der Waals surface area contributed by atoms with Crippen molar-refractivity contribution in [1.29, 1.82) is 0 Å². The summed E-state index contributed by atoms with van der Waals surface area (Å²) >= 11 is 1.91. The fourth-order valence-electron chi connectivity index (χ4n) is 8.28. The first-order chi connectivity index (χ1) is 25.0. The van der Waals surface area contributed by atoms with Crippen LogP contribution in [-0.2, 0) is 0 Å². The lowest BCUT2D eigenvalue weighted by molar-refractivity contribution is 1.29. The van der Waals surface area contributed by atoms with Crippen molar-refractivity contribution < 1.29 is 0 Å². The van der Waals surface area contributed by atoms with Gasteiger partial charge in [0, 0.05) is 37.1 Å². The standard InChI is InChI=1S/C48H35NSSi/c1-51(2)44-18-10-16-41(47(44)48-45(51)30-29-43-46(48)40-15-8-9-17-42(40)50-43)49(38-25-21-34(22-26-38)32-11-4-3-5-12-32)39-27-23-35(24-28-39)37-20-19-33-13-6-7-14-36(33)31-37/h3-31H,1-2H3. The quantitative estimate of drug-likeness (QED) is 0.163. The lowest BCUT2D eigenvalue weighted by atomic mass is 9.96. The minimum Gasteiger partial charge on any atom is -0.310 e. The van der Waals surface area contributed by atoms with Gasteiger partial charge in [-0.3, -0.25) is 0 Å². The molecule has 0 fully saturated rings. The van der Waals surface area contributed by atoms with Crippen molar-refractivity contribution in [2.75, 3.05) is 4.90 Å². The Bertz CT molecular complexity index is 2760. The first kappa shape index (κ1) is 30.1. The Morgan fingerprint density at radius 3 is 1.80 bits per heavy atom. The minimum absolute atomic E-state index is 1.15. The number of anilines is 3. The summed E-state index contributed by atoms with van der Waals surface area (Å²) < 4.78 is 2.71. The van der Waals surface area contributed by atoms with Crippen molar-refractivity contribution in [3.05, 3.63) is 176 Å². The van der Waals surface area contributed by atoms with Gasteiger partial charge in [-0.1, -0.05) is 140 Å². The van der Waals surface area contributed by atoms with Crippen molar-refractivity contribution >= 4 is 77.8 Å². The molecule has 0 N–H and O–H groups in total. The second kappa shape index (κ2) is 11.7. The van der Waals surface area contributed by atoms with E-state index in [4.69, 9.17) is 0 Å². The smallest absolute Gasteiger partial charge is 0.113 e. The highest BCUT2D eigenvalue weighted by Crippen LogP contribution is 2.48. The van der Waals surface area contributed by atoms with Gasteiger partial charge in [0.2, 0.25) is 0 Å². The Morgan fingerprint density at radius 1 is 0.431 bits per heavy atom. The second-order valence-electron chi connectivity index (χ2n) is 14.1. The van der Waals surface area contributed by atoms with E-state index in [1.54, 1.807) is 0 Å². The van der Waals surface area contributed by atoms with Gasteiger partial charge in [-0.25, -0.2) is 0 Å². The zero-order valence-electron chi connectivity index (χ0n) is 28.6. The molecule has 0 aliphatic carbocycles. The average Bonchev–Trinajstić information content (AvgIpc) is 3.68. The zero-order chi connectivity index (χ0) is 34.1. The molecule has 0 bridgehead atoms. The van der Waals surface area contributed by atoms with Crippen molar-refractivity contribution in [1.82, 2.24) is 0 Å². The maximum absolute atomic E-state index is 2.53. The number of hydrogen-bond acceptors (Lipinski definition) is 2. The van der Waals surface area contributed by atoms with Gasteiger partial charge in [-0.15, -0.1) is 11.3 Å². The van der Waals surface area contributed by atoms with Gasteiger partial charge >= 0.3 is 0 Å². The molecule has 8 aromatic carbocycles. The summed E-state index contributed by atoms with van der Waals surface area (Å²) in [6.45, 7) is 5.05. The van der Waals surface area contributed by atoms with E-state index in [9.17, 15) is 0 Å². The number of benzene rings is 8. The monoisotopic (exact) mass is 685 g/mol. The van der Waals surface area contributed by atoms with E-state index in [0.717, 1.165) is 11.4 Å². The van der Waals surface area contributed by atoms with Crippen LogP contribution in [0.3, 0.4) is 0 Å². The summed E-state index contributed by atoms with van der Waals surface area (Å²) in [6.07, 6.45) is 0. The van der Waals surface area contributed by atoms with Crippen molar-refractivity contribution in [2.24, 2.45) is 0 Å². The molecule has 0 saturated heterocycles. The highest BCUT2D eigenvalue weighted by atomic mass is 32.1. The van der Waals surface area contributed by atoms with Gasteiger partial charge in [0.05, 0.1) is 5.69 Å². The molecule has 2 heterocycles. The largest absolute Gasteiger partial charge is 0.310 e. The molecule has 242 valence electrons. The first-order valence-corrected chi connectivity index (χ1v) is 21.5. The third-order valence-electron chi connectivity index (χ3n) is 10.9. The SMILES string of the molecule is C[Si]1(C)c2cccc(N(c3ccc(-c4ccccc4)cc3)c3ccc(-c4ccc5ccccc5c4)cc3)c2-c2c1ccc1sc3ccccc3c21. The van der Waals surface area contributed by atoms with Crippen LogP contribution in [-0.4, -0.2) is 8.07 Å². The highest BCUT2D eigenvalue weighted by Gasteiger charge is 2.41. The van der Waals surface area contributed by atoms with Gasteiger partial charge in [0.1, 0.15) is 8.07 Å². The minimum atomic E-state index is -1.99. The van der Waals surface area contributed by atoms with E-state index in [-0.39, 0.29) is 0 Å². The van der Waals surface area contributed by atoms with Crippen LogP contribution in [0.4, 0.5) is 17.1 Å². The molecule has 10 rings (SSSR count). The van der Waals surface area contributed by atoms with Crippen LogP contribution in [0.5, 0.6) is 0 Å². The van der Waals surface area contributed by atoms with Crippen molar-refractivity contribution in [3.8, 4) is 33.4 Å². The molecule has 1 aromatic heterocycles. The molecule has 9 aromatic rings. The van der Waals surface area contributed by atoms with Crippen LogP contribution in [0.2, 0.25) is 13.1 Å². The molecule has 0 spiro atoms. The normalized spacial score (nSPS) is 13.1. The third kappa shape index (κ3) is 4.80. The number of fused-ring (bicyclic) bond motifs is 8. The molecular weight excluding hydrogens is 651 g/mol. The van der Waals surface area contributed by atoms with Crippen molar-refractivity contribution in [3.63, 3.8) is 0 Å². The van der Waals surface area contributed by atoms with Crippen LogP contribution >= 0.6 is 11.3 Å². The topological polar surface area (TPSA) is 3.24 Å². The van der Waals surface area contributed by atoms with Gasteiger partial charge < -0.3 is 4.90 Å². The predicted molar refractivity (Wildman–Crippen MR) is 225 cm³/mol. The van der Waals surface area contributed by atoms with Crippen LogP contribution < -0.4 is 15.3 Å². The summed E-state index contributed by atoms with van der Waals surface area (Å²) in [5.41, 5.74) is 11.3. The van der Waals surface area contributed by atoms with E-state index >= 15 is 0 Å². The number of hydrogen-bond donors (Lipinski definition) is 0. The van der Waals surface area contributed by atoms with E-state index in [1.807, 2.05) is 11.3 Å². The maximum Gasteiger partial charge on any atom is 0.113 e. The van der Waals surface area contributed by atoms with E-state index in [0.29, 0.717) is 0 Å².